The standard InChI is InChI=1S/C12H8Cl2N2O/c13-10-4-1-8(2-5-10)11(14)6-3-9(7-15)12(16)17/h1-6H,(H2,16,17)/b9-3+,11-6+. The Hall–Kier alpha value is -1.76. The maximum Gasteiger partial charge on any atom is 0.259 e. The summed E-state index contributed by atoms with van der Waals surface area (Å²) >= 11 is 11.7. The van der Waals surface area contributed by atoms with Crippen LogP contribution in [-0.2, 0) is 4.79 Å². The van der Waals surface area contributed by atoms with Crippen molar-refractivity contribution in [2.75, 3.05) is 0 Å². The van der Waals surface area contributed by atoms with Gasteiger partial charge in [0.05, 0.1) is 0 Å². The minimum Gasteiger partial charge on any atom is -0.365 e. The largest absolute Gasteiger partial charge is 0.365 e. The molecule has 2 N–H and O–H groups in total. The third-order valence-electron chi connectivity index (χ3n) is 1.90. The number of benzene rings is 1. The quantitative estimate of drug-likeness (QED) is 0.519. The van der Waals surface area contributed by atoms with Crippen molar-refractivity contribution >= 4 is 34.1 Å². The van der Waals surface area contributed by atoms with E-state index in [9.17, 15) is 4.79 Å². The molecular weight excluding hydrogens is 259 g/mol. The molecule has 1 amide bonds. The van der Waals surface area contributed by atoms with Gasteiger partial charge >= 0.3 is 0 Å². The topological polar surface area (TPSA) is 66.9 Å². The SMILES string of the molecule is N#C/C(=C\C=C(\Cl)c1ccc(Cl)cc1)C(N)=O. The van der Waals surface area contributed by atoms with Crippen LogP contribution in [-0.4, -0.2) is 5.91 Å². The summed E-state index contributed by atoms with van der Waals surface area (Å²) in [5, 5.41) is 9.59. The summed E-state index contributed by atoms with van der Waals surface area (Å²) in [5.41, 5.74) is 5.55. The lowest BCUT2D eigenvalue weighted by molar-refractivity contribution is -0.114. The first kappa shape index (κ1) is 13.3. The van der Waals surface area contributed by atoms with Gasteiger partial charge in [-0.25, -0.2) is 0 Å². The fourth-order valence-electron chi connectivity index (χ4n) is 1.04. The van der Waals surface area contributed by atoms with Gasteiger partial charge in [-0.05, 0) is 29.8 Å². The van der Waals surface area contributed by atoms with Crippen LogP contribution in [0.1, 0.15) is 5.56 Å². The molecule has 86 valence electrons. The maximum absolute atomic E-state index is 10.8. The van der Waals surface area contributed by atoms with E-state index < -0.39 is 5.91 Å². The molecule has 0 unspecified atom stereocenters. The number of hydrogen-bond donors (Lipinski definition) is 1. The normalized spacial score (nSPS) is 12.1. The lowest BCUT2D eigenvalue weighted by Crippen LogP contribution is -2.12. The predicted molar refractivity (Wildman–Crippen MR) is 68.2 cm³/mol. The zero-order valence-electron chi connectivity index (χ0n) is 8.65. The lowest BCUT2D eigenvalue weighted by atomic mass is 10.2. The highest BCUT2D eigenvalue weighted by Gasteiger charge is 2.02. The zero-order chi connectivity index (χ0) is 12.8. The van der Waals surface area contributed by atoms with E-state index in [2.05, 4.69) is 0 Å². The molecule has 0 aliphatic rings. The predicted octanol–water partition coefficient (Wildman–Crippen LogP) is 2.85. The number of nitrogens with zero attached hydrogens (tertiary/aromatic N) is 1. The van der Waals surface area contributed by atoms with Crippen LogP contribution in [0.15, 0.2) is 42.0 Å². The summed E-state index contributed by atoms with van der Waals surface area (Å²) in [6, 6.07) is 8.52. The van der Waals surface area contributed by atoms with Gasteiger partial charge in [-0.2, -0.15) is 5.26 Å². The molecule has 17 heavy (non-hydrogen) atoms. The zero-order valence-corrected chi connectivity index (χ0v) is 10.2. The minimum absolute atomic E-state index is 0.155. The van der Waals surface area contributed by atoms with Crippen molar-refractivity contribution in [3.05, 3.63) is 52.6 Å². The van der Waals surface area contributed by atoms with Gasteiger partial charge in [-0.1, -0.05) is 35.3 Å². The number of primary amides is 1. The first-order valence-electron chi connectivity index (χ1n) is 4.58. The Morgan fingerprint density at radius 1 is 1.29 bits per heavy atom. The Bertz CT molecular complexity index is 524. The van der Waals surface area contributed by atoms with Crippen LogP contribution in [0.3, 0.4) is 0 Å². The van der Waals surface area contributed by atoms with Crippen LogP contribution >= 0.6 is 23.2 Å². The number of rotatable bonds is 3. The van der Waals surface area contributed by atoms with Crippen LogP contribution in [0, 0.1) is 11.3 Å². The molecule has 0 aromatic heterocycles. The van der Waals surface area contributed by atoms with E-state index in [-0.39, 0.29) is 5.57 Å². The van der Waals surface area contributed by atoms with Crippen molar-refractivity contribution in [2.24, 2.45) is 5.73 Å². The fourth-order valence-corrected chi connectivity index (χ4v) is 1.35. The van der Waals surface area contributed by atoms with Crippen LogP contribution in [0.25, 0.3) is 5.03 Å². The molecule has 0 aliphatic heterocycles. The summed E-state index contributed by atoms with van der Waals surface area (Å²) in [4.78, 5) is 10.8. The molecule has 0 saturated heterocycles. The van der Waals surface area contributed by atoms with Crippen molar-refractivity contribution in [3.63, 3.8) is 0 Å². The molecule has 0 bridgehead atoms. The Morgan fingerprint density at radius 2 is 1.88 bits per heavy atom. The summed E-state index contributed by atoms with van der Waals surface area (Å²) in [6.45, 7) is 0. The smallest absolute Gasteiger partial charge is 0.259 e. The Balaban J connectivity index is 2.98. The molecule has 0 radical (unpaired) electrons. The van der Waals surface area contributed by atoms with Crippen molar-refractivity contribution < 1.29 is 4.79 Å². The summed E-state index contributed by atoms with van der Waals surface area (Å²) in [7, 11) is 0. The van der Waals surface area contributed by atoms with Crippen molar-refractivity contribution in [1.82, 2.24) is 0 Å². The number of hydrogen-bond acceptors (Lipinski definition) is 2. The maximum atomic E-state index is 10.8. The van der Waals surface area contributed by atoms with Gasteiger partial charge in [0.1, 0.15) is 11.6 Å². The van der Waals surface area contributed by atoms with E-state index in [0.29, 0.717) is 10.1 Å². The first-order valence-corrected chi connectivity index (χ1v) is 5.33. The Kier molecular flexibility index (Phi) is 4.77. The molecule has 5 heteroatoms. The van der Waals surface area contributed by atoms with Gasteiger partial charge in [-0.15, -0.1) is 0 Å². The number of carbonyl (C=O) groups is 1. The van der Waals surface area contributed by atoms with E-state index >= 15 is 0 Å². The number of carbonyl (C=O) groups excluding carboxylic acids is 1. The molecule has 0 atom stereocenters. The molecule has 3 nitrogen and oxygen atoms in total. The molecule has 1 rings (SSSR count). The third kappa shape index (κ3) is 3.95. The van der Waals surface area contributed by atoms with Gasteiger partial charge in [0.2, 0.25) is 0 Å². The van der Waals surface area contributed by atoms with Crippen molar-refractivity contribution in [3.8, 4) is 6.07 Å². The molecule has 0 heterocycles. The molecule has 1 aromatic rings. The van der Waals surface area contributed by atoms with Gasteiger partial charge in [-0.3, -0.25) is 4.79 Å². The number of amides is 1. The van der Waals surface area contributed by atoms with Gasteiger partial charge in [0.25, 0.3) is 5.91 Å². The Labute approximate surface area is 109 Å². The minimum atomic E-state index is -0.788. The average molecular weight is 267 g/mol. The van der Waals surface area contributed by atoms with E-state index in [1.165, 1.54) is 12.2 Å². The second-order valence-corrected chi connectivity index (χ2v) is 3.92. The van der Waals surface area contributed by atoms with E-state index in [0.717, 1.165) is 5.56 Å². The highest BCUT2D eigenvalue weighted by Crippen LogP contribution is 2.21. The fraction of sp³-hybridized carbons (Fsp3) is 0. The van der Waals surface area contributed by atoms with Crippen LogP contribution in [0.5, 0.6) is 0 Å². The molecule has 0 saturated carbocycles. The number of halogens is 2. The van der Waals surface area contributed by atoms with Gasteiger partial charge in [0.15, 0.2) is 0 Å². The number of nitriles is 1. The summed E-state index contributed by atoms with van der Waals surface area (Å²) in [6.07, 6.45) is 2.72. The van der Waals surface area contributed by atoms with Crippen molar-refractivity contribution in [2.45, 2.75) is 0 Å². The second kappa shape index (κ2) is 6.09. The lowest BCUT2D eigenvalue weighted by Gasteiger charge is -1.98. The Morgan fingerprint density at radius 3 is 2.35 bits per heavy atom. The van der Waals surface area contributed by atoms with Crippen LogP contribution < -0.4 is 5.73 Å². The monoisotopic (exact) mass is 266 g/mol. The third-order valence-corrected chi connectivity index (χ3v) is 2.50. The van der Waals surface area contributed by atoms with E-state index in [1.807, 2.05) is 0 Å². The van der Waals surface area contributed by atoms with Crippen molar-refractivity contribution in [1.29, 1.82) is 5.26 Å². The summed E-state index contributed by atoms with van der Waals surface area (Å²) in [5.74, 6) is -0.788. The molecular formula is C12H8Cl2N2O. The highest BCUT2D eigenvalue weighted by atomic mass is 35.5. The average Bonchev–Trinajstić information content (AvgIpc) is 2.30. The van der Waals surface area contributed by atoms with Crippen LogP contribution in [0.4, 0.5) is 0 Å². The molecule has 0 aliphatic carbocycles. The van der Waals surface area contributed by atoms with E-state index in [1.54, 1.807) is 30.3 Å². The second-order valence-electron chi connectivity index (χ2n) is 3.08. The molecule has 0 fully saturated rings. The van der Waals surface area contributed by atoms with Crippen LogP contribution in [0.2, 0.25) is 5.02 Å². The number of allylic oxidation sites excluding steroid dienone is 2. The first-order chi connectivity index (χ1) is 8.04. The number of nitrogens with two attached hydrogens (primary N) is 1. The van der Waals surface area contributed by atoms with E-state index in [4.69, 9.17) is 34.2 Å². The highest BCUT2D eigenvalue weighted by molar-refractivity contribution is 6.49. The van der Waals surface area contributed by atoms with Gasteiger partial charge < -0.3 is 5.73 Å². The molecule has 0 spiro atoms. The summed E-state index contributed by atoms with van der Waals surface area (Å²) < 4.78 is 0. The molecule has 1 aromatic carbocycles. The van der Waals surface area contributed by atoms with Gasteiger partial charge in [0, 0.05) is 10.1 Å².